The lowest BCUT2D eigenvalue weighted by Crippen LogP contribution is -2.44. The molecule has 2 N–H and O–H groups in total. The second-order valence-electron chi connectivity index (χ2n) is 5.06. The summed E-state index contributed by atoms with van der Waals surface area (Å²) in [5.74, 6) is -2.37. The number of carbonyl (C=O) groups is 1. The average Bonchev–Trinajstić information content (AvgIpc) is 2.38. The molecule has 1 heterocycles. The Morgan fingerprint density at radius 1 is 1.43 bits per heavy atom. The first kappa shape index (κ1) is 15.7. The number of halogens is 1. The first-order valence-corrected chi connectivity index (χ1v) is 8.07. The summed E-state index contributed by atoms with van der Waals surface area (Å²) in [5.41, 5.74) is -0.487. The smallest absolute Gasteiger partial charge is 0.338 e. The lowest BCUT2D eigenvalue weighted by Gasteiger charge is -2.32. The number of benzene rings is 1. The van der Waals surface area contributed by atoms with Gasteiger partial charge >= 0.3 is 16.2 Å². The number of nitrogens with zero attached hydrogens (tertiary/aromatic N) is 1. The lowest BCUT2D eigenvalue weighted by molar-refractivity contribution is 0.0692. The Bertz CT molecular complexity index is 648. The fraction of sp³-hybridized carbons (Fsp3) is 0.462. The van der Waals surface area contributed by atoms with E-state index >= 15 is 0 Å². The molecule has 1 aliphatic rings. The van der Waals surface area contributed by atoms with Crippen molar-refractivity contribution in [2.45, 2.75) is 32.2 Å². The minimum Gasteiger partial charge on any atom is -0.478 e. The van der Waals surface area contributed by atoms with E-state index in [2.05, 4.69) is 4.72 Å². The van der Waals surface area contributed by atoms with Crippen LogP contribution in [0.1, 0.15) is 36.5 Å². The van der Waals surface area contributed by atoms with E-state index in [1.165, 1.54) is 10.4 Å². The molecule has 1 aromatic rings. The number of hydrogen-bond donors (Lipinski definition) is 2. The molecule has 0 aliphatic carbocycles. The fourth-order valence-corrected chi connectivity index (χ4v) is 3.88. The quantitative estimate of drug-likeness (QED) is 0.890. The number of rotatable bonds is 4. The predicted molar refractivity (Wildman–Crippen MR) is 75.9 cm³/mol. The molecule has 1 aliphatic heterocycles. The molecule has 0 amide bonds. The number of piperidine rings is 1. The van der Waals surface area contributed by atoms with Crippen LogP contribution in [0.15, 0.2) is 18.2 Å². The summed E-state index contributed by atoms with van der Waals surface area (Å²) in [7, 11) is -3.77. The Morgan fingerprint density at radius 2 is 2.14 bits per heavy atom. The number of carboxylic acids is 1. The van der Waals surface area contributed by atoms with E-state index in [-0.39, 0.29) is 11.7 Å². The maximum atomic E-state index is 13.6. The molecule has 21 heavy (non-hydrogen) atoms. The van der Waals surface area contributed by atoms with Crippen LogP contribution in [0.4, 0.5) is 10.1 Å². The monoisotopic (exact) mass is 316 g/mol. The molecule has 1 saturated heterocycles. The van der Waals surface area contributed by atoms with Gasteiger partial charge in [0.25, 0.3) is 0 Å². The molecule has 1 atom stereocenters. The zero-order chi connectivity index (χ0) is 15.6. The Labute approximate surface area is 122 Å². The summed E-state index contributed by atoms with van der Waals surface area (Å²) in [6, 6.07) is 3.03. The highest BCUT2D eigenvalue weighted by molar-refractivity contribution is 7.90. The molecule has 8 heteroatoms. The number of carboxylic acid groups (broad SMARTS) is 1. The summed E-state index contributed by atoms with van der Waals surface area (Å²) in [5, 5.41) is 8.74. The molecule has 0 radical (unpaired) electrons. The van der Waals surface area contributed by atoms with E-state index in [0.29, 0.717) is 6.54 Å². The van der Waals surface area contributed by atoms with Gasteiger partial charge in [0, 0.05) is 12.6 Å². The van der Waals surface area contributed by atoms with Gasteiger partial charge in [0.05, 0.1) is 11.3 Å². The van der Waals surface area contributed by atoms with Crippen molar-refractivity contribution < 1.29 is 22.7 Å². The molecular formula is C13H17FN2O4S. The van der Waals surface area contributed by atoms with Gasteiger partial charge in [-0.2, -0.15) is 12.7 Å². The normalized spacial score (nSPS) is 20.2. The second kappa shape index (κ2) is 5.98. The highest BCUT2D eigenvalue weighted by Gasteiger charge is 2.29. The molecule has 1 fully saturated rings. The zero-order valence-corrected chi connectivity index (χ0v) is 12.4. The molecule has 6 nitrogen and oxygen atoms in total. The molecule has 0 aromatic heterocycles. The number of nitrogens with one attached hydrogen (secondary N) is 1. The summed E-state index contributed by atoms with van der Waals surface area (Å²) in [4.78, 5) is 10.7. The largest absolute Gasteiger partial charge is 0.478 e. The topological polar surface area (TPSA) is 86.7 Å². The van der Waals surface area contributed by atoms with E-state index in [9.17, 15) is 17.6 Å². The van der Waals surface area contributed by atoms with Crippen molar-refractivity contribution in [3.05, 3.63) is 29.6 Å². The van der Waals surface area contributed by atoms with E-state index in [1.54, 1.807) is 0 Å². The van der Waals surface area contributed by atoms with Crippen LogP contribution in [0.5, 0.6) is 0 Å². The van der Waals surface area contributed by atoms with Crippen molar-refractivity contribution in [1.82, 2.24) is 4.31 Å². The van der Waals surface area contributed by atoms with E-state index in [1.807, 2.05) is 6.92 Å². The Kier molecular flexibility index (Phi) is 4.48. The van der Waals surface area contributed by atoms with Gasteiger partial charge in [0.1, 0.15) is 5.82 Å². The van der Waals surface area contributed by atoms with E-state index in [0.717, 1.165) is 31.4 Å². The van der Waals surface area contributed by atoms with E-state index < -0.39 is 27.6 Å². The van der Waals surface area contributed by atoms with Crippen molar-refractivity contribution in [2.24, 2.45) is 0 Å². The third-order valence-electron chi connectivity index (χ3n) is 3.50. The average molecular weight is 316 g/mol. The van der Waals surface area contributed by atoms with Crippen molar-refractivity contribution in [2.75, 3.05) is 11.3 Å². The molecule has 1 aromatic carbocycles. The molecule has 0 bridgehead atoms. The lowest BCUT2D eigenvalue weighted by atomic mass is 10.1. The van der Waals surface area contributed by atoms with Crippen LogP contribution in [0.3, 0.4) is 0 Å². The molecule has 1 unspecified atom stereocenters. The first-order chi connectivity index (χ1) is 9.81. The van der Waals surface area contributed by atoms with Crippen LogP contribution in [0.25, 0.3) is 0 Å². The molecular weight excluding hydrogens is 299 g/mol. The minimum absolute atomic E-state index is 0.00951. The number of anilines is 1. The summed E-state index contributed by atoms with van der Waals surface area (Å²) in [6.07, 6.45) is 2.56. The fourth-order valence-electron chi connectivity index (χ4n) is 2.39. The third kappa shape index (κ3) is 3.51. The Balaban J connectivity index is 2.20. The van der Waals surface area contributed by atoms with Crippen molar-refractivity contribution in [3.63, 3.8) is 0 Å². The molecule has 116 valence electrons. The highest BCUT2D eigenvalue weighted by atomic mass is 32.2. The predicted octanol–water partition coefficient (Wildman–Crippen LogP) is 2.05. The van der Waals surface area contributed by atoms with E-state index in [4.69, 9.17) is 5.11 Å². The summed E-state index contributed by atoms with van der Waals surface area (Å²) in [6.45, 7) is 2.25. The van der Waals surface area contributed by atoms with Gasteiger partial charge in [0.2, 0.25) is 0 Å². The molecule has 2 rings (SSSR count). The molecule has 0 saturated carbocycles. The summed E-state index contributed by atoms with van der Waals surface area (Å²) >= 11 is 0. The van der Waals surface area contributed by atoms with Crippen LogP contribution in [0, 0.1) is 5.82 Å². The van der Waals surface area contributed by atoms with Crippen LogP contribution in [0.2, 0.25) is 0 Å². The van der Waals surface area contributed by atoms with Crippen LogP contribution in [-0.4, -0.2) is 36.4 Å². The van der Waals surface area contributed by atoms with Crippen LogP contribution < -0.4 is 4.72 Å². The van der Waals surface area contributed by atoms with Gasteiger partial charge in [0.15, 0.2) is 0 Å². The SMILES string of the molecule is CC1CCCCN1S(=O)(=O)Nc1ccc(C(=O)O)c(F)c1. The minimum atomic E-state index is -3.77. The Hall–Kier alpha value is -1.67. The maximum Gasteiger partial charge on any atom is 0.338 e. The number of aromatic carboxylic acids is 1. The van der Waals surface area contributed by atoms with Gasteiger partial charge in [-0.05, 0) is 38.0 Å². The first-order valence-electron chi connectivity index (χ1n) is 6.63. The van der Waals surface area contributed by atoms with Gasteiger partial charge in [-0.3, -0.25) is 4.72 Å². The summed E-state index contributed by atoms with van der Waals surface area (Å²) < 4.78 is 41.7. The standard InChI is InChI=1S/C13H17FN2O4S/c1-9-4-2-3-7-16(9)21(19,20)15-10-5-6-11(13(17)18)12(14)8-10/h5-6,8-9,15H,2-4,7H2,1H3,(H,17,18). The molecule has 0 spiro atoms. The van der Waals surface area contributed by atoms with Gasteiger partial charge < -0.3 is 5.11 Å². The number of hydrogen-bond acceptors (Lipinski definition) is 3. The maximum absolute atomic E-state index is 13.6. The zero-order valence-electron chi connectivity index (χ0n) is 11.5. The van der Waals surface area contributed by atoms with Crippen LogP contribution >= 0.6 is 0 Å². The highest BCUT2D eigenvalue weighted by Crippen LogP contribution is 2.22. The van der Waals surface area contributed by atoms with Gasteiger partial charge in [-0.15, -0.1) is 0 Å². The second-order valence-corrected chi connectivity index (χ2v) is 6.69. The van der Waals surface area contributed by atoms with Crippen LogP contribution in [-0.2, 0) is 10.2 Å². The van der Waals surface area contributed by atoms with Crippen molar-refractivity contribution in [1.29, 1.82) is 0 Å². The third-order valence-corrected chi connectivity index (χ3v) is 5.15. The van der Waals surface area contributed by atoms with Crippen molar-refractivity contribution >= 4 is 21.9 Å². The Morgan fingerprint density at radius 3 is 2.71 bits per heavy atom. The van der Waals surface area contributed by atoms with Gasteiger partial charge in [-0.1, -0.05) is 6.42 Å². The van der Waals surface area contributed by atoms with Crippen molar-refractivity contribution in [3.8, 4) is 0 Å². The van der Waals surface area contributed by atoms with Gasteiger partial charge in [-0.25, -0.2) is 9.18 Å².